The zero-order valence-corrected chi connectivity index (χ0v) is 12.5. The minimum absolute atomic E-state index is 0.668. The predicted octanol–water partition coefficient (Wildman–Crippen LogP) is 3.46. The fourth-order valence-electron chi connectivity index (χ4n) is 2.34. The SMILES string of the molecule is c1cncc(CNc2nccn3c(-c4cccs4)cnc23)c1. The van der Waals surface area contributed by atoms with Crippen LogP contribution in [0.2, 0.25) is 0 Å². The van der Waals surface area contributed by atoms with Gasteiger partial charge in [0.15, 0.2) is 11.5 Å². The minimum Gasteiger partial charge on any atom is -0.363 e. The quantitative estimate of drug-likeness (QED) is 0.627. The highest BCUT2D eigenvalue weighted by atomic mass is 32.1. The van der Waals surface area contributed by atoms with E-state index in [0.29, 0.717) is 6.54 Å². The Labute approximate surface area is 131 Å². The molecular formula is C16H13N5S. The van der Waals surface area contributed by atoms with Crippen LogP contribution in [0.5, 0.6) is 0 Å². The average molecular weight is 307 g/mol. The van der Waals surface area contributed by atoms with Crippen molar-refractivity contribution < 1.29 is 0 Å². The van der Waals surface area contributed by atoms with E-state index in [4.69, 9.17) is 0 Å². The maximum absolute atomic E-state index is 4.52. The van der Waals surface area contributed by atoms with Gasteiger partial charge in [0.05, 0.1) is 16.8 Å². The van der Waals surface area contributed by atoms with Gasteiger partial charge in [-0.3, -0.25) is 9.38 Å². The van der Waals surface area contributed by atoms with Gasteiger partial charge in [-0.1, -0.05) is 12.1 Å². The summed E-state index contributed by atoms with van der Waals surface area (Å²) in [5.74, 6) is 0.772. The maximum atomic E-state index is 4.52. The summed E-state index contributed by atoms with van der Waals surface area (Å²) < 4.78 is 2.06. The summed E-state index contributed by atoms with van der Waals surface area (Å²) in [7, 11) is 0. The second-order valence-corrected chi connectivity index (χ2v) is 5.75. The number of pyridine rings is 1. The standard InChI is InChI=1S/C16H13N5S/c1-3-12(9-17-5-1)10-19-15-16-20-11-13(14-4-2-8-22-14)21(16)7-6-18-15/h1-9,11H,10H2,(H,18,19). The van der Waals surface area contributed by atoms with Gasteiger partial charge in [0.2, 0.25) is 0 Å². The van der Waals surface area contributed by atoms with E-state index < -0.39 is 0 Å². The molecule has 5 nitrogen and oxygen atoms in total. The molecule has 0 fully saturated rings. The number of anilines is 1. The molecule has 0 amide bonds. The van der Waals surface area contributed by atoms with Crippen molar-refractivity contribution in [3.05, 3.63) is 66.2 Å². The van der Waals surface area contributed by atoms with Crippen LogP contribution >= 0.6 is 11.3 Å². The van der Waals surface area contributed by atoms with Gasteiger partial charge in [-0.25, -0.2) is 9.97 Å². The summed E-state index contributed by atoms with van der Waals surface area (Å²) in [6.07, 6.45) is 9.22. The van der Waals surface area contributed by atoms with Gasteiger partial charge >= 0.3 is 0 Å². The first-order valence-corrected chi connectivity index (χ1v) is 7.78. The fraction of sp³-hybridized carbons (Fsp3) is 0.0625. The Morgan fingerprint density at radius 1 is 1.09 bits per heavy atom. The van der Waals surface area contributed by atoms with Crippen molar-refractivity contribution in [2.45, 2.75) is 6.54 Å². The van der Waals surface area contributed by atoms with Crippen LogP contribution in [0, 0.1) is 0 Å². The first kappa shape index (κ1) is 13.0. The van der Waals surface area contributed by atoms with Crippen molar-refractivity contribution in [2.75, 3.05) is 5.32 Å². The van der Waals surface area contributed by atoms with Gasteiger partial charge < -0.3 is 5.32 Å². The highest BCUT2D eigenvalue weighted by Crippen LogP contribution is 2.27. The van der Waals surface area contributed by atoms with Crippen LogP contribution < -0.4 is 5.32 Å². The molecular weight excluding hydrogens is 294 g/mol. The average Bonchev–Trinajstić information content (AvgIpc) is 3.22. The summed E-state index contributed by atoms with van der Waals surface area (Å²) in [4.78, 5) is 14.2. The molecule has 0 aromatic carbocycles. The monoisotopic (exact) mass is 307 g/mol. The second kappa shape index (κ2) is 5.57. The smallest absolute Gasteiger partial charge is 0.180 e. The van der Waals surface area contributed by atoms with Crippen LogP contribution in [0.4, 0.5) is 5.82 Å². The fourth-order valence-corrected chi connectivity index (χ4v) is 3.07. The zero-order valence-electron chi connectivity index (χ0n) is 11.7. The van der Waals surface area contributed by atoms with Gasteiger partial charge in [-0.05, 0) is 23.1 Å². The van der Waals surface area contributed by atoms with E-state index in [9.17, 15) is 0 Å². The van der Waals surface area contributed by atoms with Crippen LogP contribution in [-0.2, 0) is 6.54 Å². The predicted molar refractivity (Wildman–Crippen MR) is 87.9 cm³/mol. The van der Waals surface area contributed by atoms with Crippen molar-refractivity contribution in [2.24, 2.45) is 0 Å². The molecule has 0 unspecified atom stereocenters. The molecule has 0 radical (unpaired) electrons. The Bertz CT molecular complexity index is 883. The molecule has 22 heavy (non-hydrogen) atoms. The van der Waals surface area contributed by atoms with Gasteiger partial charge in [0.25, 0.3) is 0 Å². The summed E-state index contributed by atoms with van der Waals surface area (Å²) in [6, 6.07) is 8.09. The molecule has 1 N–H and O–H groups in total. The van der Waals surface area contributed by atoms with Gasteiger partial charge in [0.1, 0.15) is 0 Å². The zero-order chi connectivity index (χ0) is 14.8. The van der Waals surface area contributed by atoms with Gasteiger partial charge in [0, 0.05) is 31.3 Å². The number of thiophene rings is 1. The molecule has 0 aliphatic carbocycles. The highest BCUT2D eigenvalue weighted by molar-refractivity contribution is 7.13. The molecule has 6 heteroatoms. The lowest BCUT2D eigenvalue weighted by Crippen LogP contribution is -2.04. The third-order valence-electron chi connectivity index (χ3n) is 3.38. The number of imidazole rings is 1. The van der Waals surface area contributed by atoms with Crippen molar-refractivity contribution >= 4 is 22.8 Å². The second-order valence-electron chi connectivity index (χ2n) is 4.81. The van der Waals surface area contributed by atoms with Crippen LogP contribution in [0.25, 0.3) is 16.2 Å². The number of hydrogen-bond acceptors (Lipinski definition) is 5. The lowest BCUT2D eigenvalue weighted by molar-refractivity contribution is 1.06. The molecule has 4 rings (SSSR count). The molecule has 0 spiro atoms. The molecule has 0 atom stereocenters. The Balaban J connectivity index is 1.67. The molecule has 4 aromatic rings. The van der Waals surface area contributed by atoms with Gasteiger partial charge in [-0.2, -0.15) is 0 Å². The normalized spacial score (nSPS) is 10.9. The maximum Gasteiger partial charge on any atom is 0.180 e. The van der Waals surface area contributed by atoms with Crippen molar-refractivity contribution in [1.82, 2.24) is 19.4 Å². The largest absolute Gasteiger partial charge is 0.363 e. The van der Waals surface area contributed by atoms with Crippen molar-refractivity contribution in [1.29, 1.82) is 0 Å². The van der Waals surface area contributed by atoms with E-state index in [1.807, 2.05) is 36.8 Å². The topological polar surface area (TPSA) is 55.1 Å². The van der Waals surface area contributed by atoms with Gasteiger partial charge in [-0.15, -0.1) is 11.3 Å². The molecule has 0 aliphatic heterocycles. The van der Waals surface area contributed by atoms with Crippen molar-refractivity contribution in [3.8, 4) is 10.6 Å². The Morgan fingerprint density at radius 3 is 2.91 bits per heavy atom. The number of hydrogen-bond donors (Lipinski definition) is 1. The molecule has 0 bridgehead atoms. The summed E-state index contributed by atoms with van der Waals surface area (Å²) in [5, 5.41) is 5.40. The Morgan fingerprint density at radius 2 is 2.09 bits per heavy atom. The number of aromatic nitrogens is 4. The molecule has 4 aromatic heterocycles. The van der Waals surface area contributed by atoms with E-state index in [1.165, 1.54) is 4.88 Å². The van der Waals surface area contributed by atoms with E-state index in [1.54, 1.807) is 23.7 Å². The van der Waals surface area contributed by atoms with E-state index in [-0.39, 0.29) is 0 Å². The summed E-state index contributed by atoms with van der Waals surface area (Å²) in [5.41, 5.74) is 3.02. The highest BCUT2D eigenvalue weighted by Gasteiger charge is 2.10. The molecule has 0 aliphatic rings. The molecule has 0 saturated heterocycles. The lowest BCUT2D eigenvalue weighted by Gasteiger charge is -2.07. The Kier molecular flexibility index (Phi) is 3.29. The number of nitrogens with one attached hydrogen (secondary N) is 1. The molecule has 108 valence electrons. The van der Waals surface area contributed by atoms with E-state index >= 15 is 0 Å². The molecule has 4 heterocycles. The van der Waals surface area contributed by atoms with E-state index in [2.05, 4.69) is 36.1 Å². The number of rotatable bonds is 4. The third kappa shape index (κ3) is 2.33. The van der Waals surface area contributed by atoms with Crippen LogP contribution in [0.3, 0.4) is 0 Å². The lowest BCUT2D eigenvalue weighted by atomic mass is 10.3. The number of nitrogens with zero attached hydrogens (tertiary/aromatic N) is 4. The van der Waals surface area contributed by atoms with Crippen LogP contribution in [-0.4, -0.2) is 19.4 Å². The van der Waals surface area contributed by atoms with Crippen molar-refractivity contribution in [3.63, 3.8) is 0 Å². The van der Waals surface area contributed by atoms with Crippen LogP contribution in [0.15, 0.2) is 60.6 Å². The summed E-state index contributed by atoms with van der Waals surface area (Å²) >= 11 is 1.70. The number of fused-ring (bicyclic) bond motifs is 1. The minimum atomic E-state index is 0.668. The Hall–Kier alpha value is -2.73. The first-order chi connectivity index (χ1) is 10.9. The molecule has 0 saturated carbocycles. The first-order valence-electron chi connectivity index (χ1n) is 6.90. The summed E-state index contributed by atoms with van der Waals surface area (Å²) in [6.45, 7) is 0.668. The van der Waals surface area contributed by atoms with E-state index in [0.717, 1.165) is 22.7 Å². The van der Waals surface area contributed by atoms with Crippen LogP contribution in [0.1, 0.15) is 5.56 Å². The third-order valence-corrected chi connectivity index (χ3v) is 4.28.